The molecule has 0 radical (unpaired) electrons. The van der Waals surface area contributed by atoms with Crippen LogP contribution in [0.25, 0.3) is 5.65 Å². The van der Waals surface area contributed by atoms with Crippen LogP contribution in [0.3, 0.4) is 0 Å². The second-order valence-corrected chi connectivity index (χ2v) is 6.94. The van der Waals surface area contributed by atoms with Crippen LogP contribution in [-0.2, 0) is 0 Å². The Balaban J connectivity index is 1.35. The van der Waals surface area contributed by atoms with E-state index in [1.54, 1.807) is 19.5 Å². The van der Waals surface area contributed by atoms with Crippen molar-refractivity contribution in [2.75, 3.05) is 7.11 Å². The number of pyridine rings is 1. The molecule has 1 aliphatic carbocycles. The number of hydrogen-bond acceptors (Lipinski definition) is 6. The lowest BCUT2D eigenvalue weighted by Crippen LogP contribution is -2.40. The first-order valence-corrected chi connectivity index (χ1v) is 9.41. The number of fused-ring (bicyclic) bond motifs is 1. The Morgan fingerprint density at radius 1 is 1.14 bits per heavy atom. The van der Waals surface area contributed by atoms with Crippen LogP contribution in [-0.4, -0.2) is 44.5 Å². The van der Waals surface area contributed by atoms with Crippen molar-refractivity contribution < 1.29 is 14.3 Å². The highest BCUT2D eigenvalue weighted by Crippen LogP contribution is 2.24. The number of aromatic nitrogens is 4. The number of carbonyl (C=O) groups excluding carboxylic acids is 1. The molecule has 0 atom stereocenters. The van der Waals surface area contributed by atoms with E-state index in [-0.39, 0.29) is 18.1 Å². The molecule has 1 saturated carbocycles. The molecule has 0 aromatic carbocycles. The third-order valence-electron chi connectivity index (χ3n) is 5.02. The highest BCUT2D eigenvalue weighted by molar-refractivity contribution is 5.94. The number of methoxy groups -OCH3 is 1. The Labute approximate surface area is 162 Å². The quantitative estimate of drug-likeness (QED) is 0.730. The number of hydrogen-bond donors (Lipinski definition) is 1. The van der Waals surface area contributed by atoms with Crippen LogP contribution in [0.4, 0.5) is 0 Å². The third kappa shape index (κ3) is 3.76. The van der Waals surface area contributed by atoms with Crippen LogP contribution in [0.5, 0.6) is 11.8 Å². The standard InChI is InChI=1S/C20H23N5O3/c1-13-19(25-10-4-3-5-16(25)22-13)20(26)23-14-6-8-15(9-7-14)28-18-12-21-11-17(24-18)27-2/h3-5,10-12,14-15H,6-9H2,1-2H3,(H,23,26). The Kier molecular flexibility index (Phi) is 5.10. The number of nitrogens with one attached hydrogen (secondary N) is 1. The Morgan fingerprint density at radius 2 is 1.93 bits per heavy atom. The lowest BCUT2D eigenvalue weighted by atomic mass is 9.93. The minimum atomic E-state index is -0.0840. The summed E-state index contributed by atoms with van der Waals surface area (Å²) in [5.41, 5.74) is 2.11. The molecule has 0 aliphatic heterocycles. The molecule has 4 rings (SSSR count). The summed E-state index contributed by atoms with van der Waals surface area (Å²) in [6, 6.07) is 5.83. The van der Waals surface area contributed by atoms with Gasteiger partial charge < -0.3 is 14.8 Å². The molecule has 8 heteroatoms. The summed E-state index contributed by atoms with van der Waals surface area (Å²) in [4.78, 5) is 25.6. The van der Waals surface area contributed by atoms with Gasteiger partial charge in [0.15, 0.2) is 0 Å². The minimum Gasteiger partial charge on any atom is -0.480 e. The molecule has 1 aliphatic rings. The summed E-state index contributed by atoms with van der Waals surface area (Å²) in [6.45, 7) is 1.86. The molecule has 1 fully saturated rings. The largest absolute Gasteiger partial charge is 0.480 e. The molecule has 8 nitrogen and oxygen atoms in total. The molecule has 0 bridgehead atoms. The van der Waals surface area contributed by atoms with E-state index in [0.29, 0.717) is 17.5 Å². The molecule has 1 amide bonds. The molecule has 146 valence electrons. The zero-order valence-corrected chi connectivity index (χ0v) is 16.0. The van der Waals surface area contributed by atoms with Crippen LogP contribution in [0.15, 0.2) is 36.8 Å². The Bertz CT molecular complexity index is 979. The van der Waals surface area contributed by atoms with Gasteiger partial charge in [0.1, 0.15) is 17.4 Å². The molecule has 3 aromatic heterocycles. The number of aryl methyl sites for hydroxylation is 1. The number of rotatable bonds is 5. The van der Waals surface area contributed by atoms with Gasteiger partial charge in [-0.1, -0.05) is 6.07 Å². The summed E-state index contributed by atoms with van der Waals surface area (Å²) in [5.74, 6) is 0.814. The van der Waals surface area contributed by atoms with E-state index in [0.717, 1.165) is 37.0 Å². The van der Waals surface area contributed by atoms with Gasteiger partial charge >= 0.3 is 0 Å². The molecule has 0 unspecified atom stereocenters. The van der Waals surface area contributed by atoms with Crippen molar-refractivity contribution in [3.05, 3.63) is 48.2 Å². The zero-order chi connectivity index (χ0) is 19.5. The first-order chi connectivity index (χ1) is 13.6. The fraction of sp³-hybridized carbons (Fsp3) is 0.400. The summed E-state index contributed by atoms with van der Waals surface area (Å²) in [6.07, 6.45) is 8.45. The molecular weight excluding hydrogens is 358 g/mol. The summed E-state index contributed by atoms with van der Waals surface area (Å²) < 4.78 is 12.8. The van der Waals surface area contributed by atoms with E-state index in [2.05, 4.69) is 20.3 Å². The van der Waals surface area contributed by atoms with Gasteiger partial charge in [-0.15, -0.1) is 0 Å². The smallest absolute Gasteiger partial charge is 0.270 e. The predicted octanol–water partition coefficient (Wildman–Crippen LogP) is 2.56. The fourth-order valence-electron chi connectivity index (χ4n) is 3.62. The fourth-order valence-corrected chi connectivity index (χ4v) is 3.62. The lowest BCUT2D eigenvalue weighted by Gasteiger charge is -2.29. The maximum atomic E-state index is 12.8. The third-order valence-corrected chi connectivity index (χ3v) is 5.02. The normalized spacial score (nSPS) is 19.4. The van der Waals surface area contributed by atoms with Gasteiger partial charge in [0.2, 0.25) is 11.8 Å². The van der Waals surface area contributed by atoms with Crippen molar-refractivity contribution in [3.8, 4) is 11.8 Å². The number of ether oxygens (including phenoxy) is 2. The summed E-state index contributed by atoms with van der Waals surface area (Å²) >= 11 is 0. The van der Waals surface area contributed by atoms with Crippen LogP contribution in [0, 0.1) is 6.92 Å². The number of amides is 1. The summed E-state index contributed by atoms with van der Waals surface area (Å²) in [7, 11) is 1.55. The second kappa shape index (κ2) is 7.84. The van der Waals surface area contributed by atoms with Crippen LogP contribution in [0.1, 0.15) is 41.9 Å². The SMILES string of the molecule is COc1cncc(OC2CCC(NC(=O)c3c(C)nc4ccccn34)CC2)n1. The van der Waals surface area contributed by atoms with Crippen LogP contribution in [0.2, 0.25) is 0 Å². The van der Waals surface area contributed by atoms with E-state index in [4.69, 9.17) is 9.47 Å². The van der Waals surface area contributed by atoms with E-state index < -0.39 is 0 Å². The number of imidazole rings is 1. The molecule has 3 aromatic rings. The van der Waals surface area contributed by atoms with E-state index in [1.807, 2.05) is 35.7 Å². The van der Waals surface area contributed by atoms with Crippen molar-refractivity contribution >= 4 is 11.6 Å². The van der Waals surface area contributed by atoms with Crippen molar-refractivity contribution in [2.45, 2.75) is 44.8 Å². The maximum absolute atomic E-state index is 12.8. The minimum absolute atomic E-state index is 0.0621. The van der Waals surface area contributed by atoms with Gasteiger partial charge in [0.05, 0.1) is 25.2 Å². The van der Waals surface area contributed by atoms with Gasteiger partial charge in [-0.25, -0.2) is 4.98 Å². The van der Waals surface area contributed by atoms with Gasteiger partial charge in [0.25, 0.3) is 5.91 Å². The van der Waals surface area contributed by atoms with Crippen LogP contribution < -0.4 is 14.8 Å². The Hall–Kier alpha value is -3.16. The van der Waals surface area contributed by atoms with Gasteiger partial charge in [0, 0.05) is 12.2 Å². The van der Waals surface area contributed by atoms with Crippen molar-refractivity contribution in [3.63, 3.8) is 0 Å². The topological polar surface area (TPSA) is 90.6 Å². The van der Waals surface area contributed by atoms with Crippen LogP contribution >= 0.6 is 0 Å². The zero-order valence-electron chi connectivity index (χ0n) is 16.0. The number of nitrogens with zero attached hydrogens (tertiary/aromatic N) is 4. The average Bonchev–Trinajstić information content (AvgIpc) is 3.05. The van der Waals surface area contributed by atoms with E-state index >= 15 is 0 Å². The lowest BCUT2D eigenvalue weighted by molar-refractivity contribution is 0.0882. The first kappa shape index (κ1) is 18.2. The molecule has 0 saturated heterocycles. The highest BCUT2D eigenvalue weighted by Gasteiger charge is 2.26. The van der Waals surface area contributed by atoms with Crippen molar-refractivity contribution in [2.24, 2.45) is 0 Å². The highest BCUT2D eigenvalue weighted by atomic mass is 16.5. The Morgan fingerprint density at radius 3 is 2.71 bits per heavy atom. The van der Waals surface area contributed by atoms with Gasteiger partial charge in [-0.2, -0.15) is 4.98 Å². The predicted molar refractivity (Wildman–Crippen MR) is 103 cm³/mol. The monoisotopic (exact) mass is 381 g/mol. The maximum Gasteiger partial charge on any atom is 0.270 e. The van der Waals surface area contributed by atoms with Crippen molar-refractivity contribution in [1.82, 2.24) is 24.7 Å². The molecule has 1 N–H and O–H groups in total. The molecule has 28 heavy (non-hydrogen) atoms. The summed E-state index contributed by atoms with van der Waals surface area (Å²) in [5, 5.41) is 3.15. The van der Waals surface area contributed by atoms with E-state index in [1.165, 1.54) is 0 Å². The van der Waals surface area contributed by atoms with Gasteiger partial charge in [-0.05, 0) is 44.7 Å². The van der Waals surface area contributed by atoms with Gasteiger partial charge in [-0.3, -0.25) is 14.2 Å². The molecular formula is C20H23N5O3. The molecule has 0 spiro atoms. The van der Waals surface area contributed by atoms with Crippen molar-refractivity contribution in [1.29, 1.82) is 0 Å². The average molecular weight is 381 g/mol. The van der Waals surface area contributed by atoms with E-state index in [9.17, 15) is 4.79 Å². The first-order valence-electron chi connectivity index (χ1n) is 9.41. The second-order valence-electron chi connectivity index (χ2n) is 6.94. The number of carbonyl (C=O) groups is 1. The molecule has 3 heterocycles.